The van der Waals surface area contributed by atoms with E-state index in [1.54, 1.807) is 4.90 Å². The van der Waals surface area contributed by atoms with Crippen LogP contribution in [-0.2, 0) is 4.79 Å². The molecule has 0 unspecified atom stereocenters. The summed E-state index contributed by atoms with van der Waals surface area (Å²) in [5.41, 5.74) is 6.15. The number of hydrogen-bond donors (Lipinski definition) is 5. The molecule has 2 aliphatic rings. The van der Waals surface area contributed by atoms with Gasteiger partial charge in [-0.3, -0.25) is 10.0 Å². The fraction of sp³-hybridized carbons (Fsp3) is 0.440. The van der Waals surface area contributed by atoms with E-state index in [2.05, 4.69) is 69.0 Å². The highest BCUT2D eigenvalue weighted by Crippen LogP contribution is 2.26. The number of carbonyl (C=O) groups excluding carboxylic acids is 2. The second-order valence-corrected chi connectivity index (χ2v) is 8.95. The summed E-state index contributed by atoms with van der Waals surface area (Å²) < 4.78 is 0. The molecule has 0 bridgehead atoms. The first-order valence-corrected chi connectivity index (χ1v) is 12.0. The fourth-order valence-electron chi connectivity index (χ4n) is 4.52. The van der Waals surface area contributed by atoms with E-state index in [1.165, 1.54) is 23.7 Å². The van der Waals surface area contributed by atoms with Crippen molar-refractivity contribution in [1.29, 1.82) is 0 Å². The number of nitrogens with one attached hydrogen (secondary N) is 3. The molecule has 2 aromatic rings. The van der Waals surface area contributed by atoms with Crippen LogP contribution in [-0.4, -0.2) is 91.7 Å². The molecule has 2 atom stereocenters. The van der Waals surface area contributed by atoms with Crippen molar-refractivity contribution in [2.24, 2.45) is 0 Å². The number of rotatable bonds is 6. The molecule has 188 valence electrons. The largest absolute Gasteiger partial charge is 0.391 e. The van der Waals surface area contributed by atoms with Crippen LogP contribution in [0.2, 0.25) is 0 Å². The minimum Gasteiger partial charge on any atom is -0.391 e. The summed E-state index contributed by atoms with van der Waals surface area (Å²) in [4.78, 5) is 30.4. The third-order valence-corrected chi connectivity index (χ3v) is 6.64. The lowest BCUT2D eigenvalue weighted by atomic mass is 10.0. The predicted octanol–water partition coefficient (Wildman–Crippen LogP) is 0.850. The first kappa shape index (κ1) is 24.8. The lowest BCUT2D eigenvalue weighted by Gasteiger charge is -2.36. The van der Waals surface area contributed by atoms with Crippen LogP contribution in [0.5, 0.6) is 0 Å². The molecular weight excluding hydrogens is 448 g/mol. The van der Waals surface area contributed by atoms with Crippen LogP contribution in [0.15, 0.2) is 48.5 Å². The standard InChI is InChI=1S/C25H34N6O4/c1-18(32)23(24(33)28-35)27-25(34)31-16-14-30(15-17-31)22-8-4-20(5-9-22)19-2-6-21(7-3-19)29-12-10-26-11-13-29/h2-9,18,23,26,32,35H,10-17H2,1H3,(H,27,34)(H,28,33)/t18-,23+/m1/s1. The van der Waals surface area contributed by atoms with E-state index < -0.39 is 24.1 Å². The summed E-state index contributed by atoms with van der Waals surface area (Å²) in [5.74, 6) is -0.856. The Bertz CT molecular complexity index is 984. The van der Waals surface area contributed by atoms with Gasteiger partial charge in [0.05, 0.1) is 6.10 Å². The van der Waals surface area contributed by atoms with Crippen LogP contribution in [0.1, 0.15) is 6.92 Å². The van der Waals surface area contributed by atoms with Gasteiger partial charge in [0.2, 0.25) is 0 Å². The molecule has 3 amide bonds. The van der Waals surface area contributed by atoms with Gasteiger partial charge in [-0.1, -0.05) is 24.3 Å². The van der Waals surface area contributed by atoms with Crippen molar-refractivity contribution in [3.05, 3.63) is 48.5 Å². The SMILES string of the molecule is C[C@@H](O)[C@H](NC(=O)N1CCN(c2ccc(-c3ccc(N4CCNCC4)cc3)cc2)CC1)C(=O)NO. The van der Waals surface area contributed by atoms with E-state index in [4.69, 9.17) is 5.21 Å². The Morgan fingerprint density at radius 2 is 1.31 bits per heavy atom. The molecule has 10 nitrogen and oxygen atoms in total. The number of nitrogens with zero attached hydrogens (tertiary/aromatic N) is 3. The van der Waals surface area contributed by atoms with Gasteiger partial charge >= 0.3 is 6.03 Å². The first-order valence-electron chi connectivity index (χ1n) is 12.0. The van der Waals surface area contributed by atoms with Crippen molar-refractivity contribution in [2.45, 2.75) is 19.1 Å². The lowest BCUT2D eigenvalue weighted by molar-refractivity contribution is -0.133. The third kappa shape index (κ3) is 6.02. The molecular formula is C25H34N6O4. The topological polar surface area (TPSA) is 120 Å². The molecule has 0 spiro atoms. The van der Waals surface area contributed by atoms with Gasteiger partial charge in [-0.15, -0.1) is 0 Å². The summed E-state index contributed by atoms with van der Waals surface area (Å²) in [5, 5.41) is 24.4. The fourth-order valence-corrected chi connectivity index (χ4v) is 4.52. The minimum absolute atomic E-state index is 0.446. The van der Waals surface area contributed by atoms with Gasteiger partial charge < -0.3 is 30.4 Å². The monoisotopic (exact) mass is 482 g/mol. The average Bonchev–Trinajstić information content (AvgIpc) is 2.92. The molecule has 2 heterocycles. The molecule has 2 aliphatic heterocycles. The van der Waals surface area contributed by atoms with Crippen LogP contribution in [0.4, 0.5) is 16.2 Å². The van der Waals surface area contributed by atoms with Crippen molar-refractivity contribution in [1.82, 2.24) is 21.0 Å². The van der Waals surface area contributed by atoms with E-state index in [1.807, 2.05) is 0 Å². The molecule has 10 heteroatoms. The Labute approximate surface area is 205 Å². The van der Waals surface area contributed by atoms with Gasteiger partial charge in [0.1, 0.15) is 6.04 Å². The van der Waals surface area contributed by atoms with Gasteiger partial charge in [0.15, 0.2) is 0 Å². The van der Waals surface area contributed by atoms with E-state index in [0.717, 1.165) is 37.4 Å². The number of piperazine rings is 2. The summed E-state index contributed by atoms with van der Waals surface area (Å²) in [7, 11) is 0. The number of hydrogen-bond acceptors (Lipinski definition) is 7. The average molecular weight is 483 g/mol. The lowest BCUT2D eigenvalue weighted by Crippen LogP contribution is -2.58. The second kappa shape index (κ2) is 11.4. The number of hydroxylamine groups is 1. The molecule has 2 aromatic carbocycles. The maximum atomic E-state index is 12.5. The van der Waals surface area contributed by atoms with Crippen molar-refractivity contribution >= 4 is 23.3 Å². The summed E-state index contributed by atoms with van der Waals surface area (Å²) >= 11 is 0. The van der Waals surface area contributed by atoms with Crippen LogP contribution >= 0.6 is 0 Å². The number of benzene rings is 2. The molecule has 4 rings (SSSR count). The second-order valence-electron chi connectivity index (χ2n) is 8.95. The number of urea groups is 1. The molecule has 0 aromatic heterocycles. The summed E-state index contributed by atoms with van der Waals surface area (Å²) in [6.45, 7) is 7.74. The van der Waals surface area contributed by atoms with Crippen LogP contribution in [0, 0.1) is 0 Å². The van der Waals surface area contributed by atoms with Crippen LogP contribution in [0.25, 0.3) is 11.1 Å². The van der Waals surface area contributed by atoms with Crippen molar-refractivity contribution < 1.29 is 19.9 Å². The van der Waals surface area contributed by atoms with Gasteiger partial charge in [-0.25, -0.2) is 10.3 Å². The van der Waals surface area contributed by atoms with Gasteiger partial charge in [-0.2, -0.15) is 0 Å². The highest BCUT2D eigenvalue weighted by Gasteiger charge is 2.29. The van der Waals surface area contributed by atoms with Gasteiger partial charge in [0, 0.05) is 63.7 Å². The Morgan fingerprint density at radius 3 is 1.77 bits per heavy atom. The third-order valence-electron chi connectivity index (χ3n) is 6.64. The zero-order valence-corrected chi connectivity index (χ0v) is 20.0. The minimum atomic E-state index is -1.22. The molecule has 35 heavy (non-hydrogen) atoms. The summed E-state index contributed by atoms with van der Waals surface area (Å²) in [6.07, 6.45) is -1.14. The predicted molar refractivity (Wildman–Crippen MR) is 135 cm³/mol. The molecule has 2 fully saturated rings. The number of amides is 3. The van der Waals surface area contributed by atoms with Crippen molar-refractivity contribution in [3.63, 3.8) is 0 Å². The van der Waals surface area contributed by atoms with Crippen LogP contribution < -0.4 is 25.9 Å². The zero-order valence-electron chi connectivity index (χ0n) is 20.0. The summed E-state index contributed by atoms with van der Waals surface area (Å²) in [6, 6.07) is 15.5. The molecule has 0 radical (unpaired) electrons. The normalized spacial score (nSPS) is 18.1. The molecule has 5 N–H and O–H groups in total. The Balaban J connectivity index is 1.31. The molecule has 0 saturated carbocycles. The highest BCUT2D eigenvalue weighted by molar-refractivity contribution is 5.87. The number of anilines is 2. The molecule has 0 aliphatic carbocycles. The smallest absolute Gasteiger partial charge is 0.318 e. The van der Waals surface area contributed by atoms with E-state index in [-0.39, 0.29) is 0 Å². The van der Waals surface area contributed by atoms with Gasteiger partial charge in [0.25, 0.3) is 5.91 Å². The quantitative estimate of drug-likeness (QED) is 0.306. The van der Waals surface area contributed by atoms with E-state index in [9.17, 15) is 14.7 Å². The number of aliphatic hydroxyl groups is 1. The zero-order chi connectivity index (χ0) is 24.8. The maximum absolute atomic E-state index is 12.5. The van der Waals surface area contributed by atoms with E-state index in [0.29, 0.717) is 26.2 Å². The Morgan fingerprint density at radius 1 is 0.829 bits per heavy atom. The molecule has 2 saturated heterocycles. The first-order chi connectivity index (χ1) is 17.0. The van der Waals surface area contributed by atoms with Crippen LogP contribution in [0.3, 0.4) is 0 Å². The van der Waals surface area contributed by atoms with Crippen molar-refractivity contribution in [3.8, 4) is 11.1 Å². The number of carbonyl (C=O) groups is 2. The van der Waals surface area contributed by atoms with Gasteiger partial charge in [-0.05, 0) is 42.3 Å². The Kier molecular flexibility index (Phi) is 8.06. The van der Waals surface area contributed by atoms with E-state index >= 15 is 0 Å². The number of aliphatic hydroxyl groups excluding tert-OH is 1. The maximum Gasteiger partial charge on any atom is 0.318 e. The van der Waals surface area contributed by atoms with Crippen molar-refractivity contribution in [2.75, 3.05) is 62.2 Å². The Hall–Kier alpha value is -3.34. The highest BCUT2D eigenvalue weighted by atomic mass is 16.5.